The number of nitrogens with two attached hydrogens (primary N) is 1. The molecule has 0 radical (unpaired) electrons. The molecule has 0 amide bonds. The molecule has 3 rings (SSSR count). The van der Waals surface area contributed by atoms with Gasteiger partial charge in [-0.2, -0.15) is 5.26 Å². The van der Waals surface area contributed by atoms with Crippen LogP contribution in [0.4, 0.5) is 4.39 Å². The minimum Gasteiger partial charge on any atom is -0.493 e. The number of aromatic nitrogens is 1. The maximum atomic E-state index is 14.8. The minimum absolute atomic E-state index is 0.0180. The molecule has 0 spiro atoms. The van der Waals surface area contributed by atoms with Crippen LogP contribution in [0.1, 0.15) is 12.0 Å². The van der Waals surface area contributed by atoms with Crippen molar-refractivity contribution in [1.29, 1.82) is 5.26 Å². The number of ether oxygens (including phenoxy) is 1. The molecule has 0 atom stereocenters. The van der Waals surface area contributed by atoms with E-state index < -0.39 is 15.8 Å². The van der Waals surface area contributed by atoms with Gasteiger partial charge >= 0.3 is 0 Å². The Morgan fingerprint density at radius 1 is 1.18 bits per heavy atom. The van der Waals surface area contributed by atoms with Crippen molar-refractivity contribution < 1.29 is 17.5 Å². The summed E-state index contributed by atoms with van der Waals surface area (Å²) in [6.45, 7) is 1.07. The van der Waals surface area contributed by atoms with Crippen molar-refractivity contribution in [2.45, 2.75) is 17.9 Å². The number of guanidine groups is 2. The van der Waals surface area contributed by atoms with E-state index in [1.165, 1.54) is 43.6 Å². The Morgan fingerprint density at radius 3 is 2.64 bits per heavy atom. The molecule has 1 heterocycles. The second-order valence-corrected chi connectivity index (χ2v) is 10.2. The summed E-state index contributed by atoms with van der Waals surface area (Å²) >= 11 is 0. The lowest BCUT2D eigenvalue weighted by molar-refractivity contribution is 0.310. The lowest BCUT2D eigenvalue weighted by Crippen LogP contribution is -2.35. The van der Waals surface area contributed by atoms with Crippen LogP contribution in [0, 0.1) is 17.3 Å². The van der Waals surface area contributed by atoms with E-state index in [-0.39, 0.29) is 22.7 Å². The molecule has 1 aromatic heterocycles. The first-order valence-corrected chi connectivity index (χ1v) is 13.4. The lowest BCUT2D eigenvalue weighted by Gasteiger charge is -2.18. The summed E-state index contributed by atoms with van der Waals surface area (Å²) in [5, 5.41) is 14.4. The molecule has 39 heavy (non-hydrogen) atoms. The zero-order valence-corrected chi connectivity index (χ0v) is 22.7. The molecular weight excluding hydrogens is 523 g/mol. The largest absolute Gasteiger partial charge is 0.493 e. The molecule has 0 fully saturated rings. The average molecular weight is 555 g/mol. The monoisotopic (exact) mass is 554 g/mol. The number of halogens is 1. The van der Waals surface area contributed by atoms with Gasteiger partial charge in [0.05, 0.1) is 17.2 Å². The van der Waals surface area contributed by atoms with Crippen LogP contribution in [0.25, 0.3) is 11.3 Å². The van der Waals surface area contributed by atoms with Gasteiger partial charge < -0.3 is 20.7 Å². The summed E-state index contributed by atoms with van der Waals surface area (Å²) in [5.41, 5.74) is 6.45. The highest BCUT2D eigenvalue weighted by Gasteiger charge is 2.24. The zero-order valence-electron chi connectivity index (χ0n) is 21.9. The number of nitriles is 1. The van der Waals surface area contributed by atoms with Gasteiger partial charge in [-0.05, 0) is 42.3 Å². The van der Waals surface area contributed by atoms with Crippen LogP contribution < -0.4 is 21.1 Å². The number of nitrogens with one attached hydrogen (secondary N) is 2. The Morgan fingerprint density at radius 2 is 1.95 bits per heavy atom. The van der Waals surface area contributed by atoms with Crippen LogP contribution in [-0.4, -0.2) is 63.5 Å². The summed E-state index contributed by atoms with van der Waals surface area (Å²) in [6.07, 6.45) is 3.87. The third-order valence-electron chi connectivity index (χ3n) is 5.65. The van der Waals surface area contributed by atoms with Gasteiger partial charge in [0.15, 0.2) is 12.2 Å². The fraction of sp³-hybridized carbons (Fsp3) is 0.269. The first-order valence-electron chi connectivity index (χ1n) is 11.9. The summed E-state index contributed by atoms with van der Waals surface area (Å²) in [7, 11) is 0.651. The minimum atomic E-state index is -4.15. The number of nitrogens with zero attached hydrogens (tertiary/aromatic N) is 5. The highest BCUT2D eigenvalue weighted by Crippen LogP contribution is 2.30. The van der Waals surface area contributed by atoms with E-state index in [2.05, 4.69) is 20.6 Å². The maximum absolute atomic E-state index is 14.8. The Bertz CT molecular complexity index is 1490. The molecule has 0 aliphatic rings. The molecule has 3 aromatic rings. The van der Waals surface area contributed by atoms with Crippen molar-refractivity contribution in [1.82, 2.24) is 19.5 Å². The fourth-order valence-electron chi connectivity index (χ4n) is 3.76. The molecular formula is C26H31FN8O3S. The summed E-state index contributed by atoms with van der Waals surface area (Å²) < 4.78 is 49.3. The topological polar surface area (TPSA) is 150 Å². The predicted molar refractivity (Wildman–Crippen MR) is 148 cm³/mol. The maximum Gasteiger partial charge on any atom is 0.268 e. The van der Waals surface area contributed by atoms with E-state index in [0.29, 0.717) is 42.8 Å². The molecule has 11 nitrogen and oxygen atoms in total. The molecule has 0 aliphatic carbocycles. The van der Waals surface area contributed by atoms with Crippen LogP contribution >= 0.6 is 0 Å². The van der Waals surface area contributed by atoms with Gasteiger partial charge in [-0.3, -0.25) is 15.3 Å². The number of benzene rings is 2. The first kappa shape index (κ1) is 29.0. The van der Waals surface area contributed by atoms with Crippen molar-refractivity contribution in [2.75, 3.05) is 34.3 Å². The molecule has 13 heteroatoms. The van der Waals surface area contributed by atoms with Gasteiger partial charge in [-0.1, -0.05) is 18.2 Å². The number of rotatable bonds is 10. The molecule has 4 N–H and O–H groups in total. The third kappa shape index (κ3) is 7.26. The normalized spacial score (nSPS) is 12.1. The van der Waals surface area contributed by atoms with E-state index in [4.69, 9.17) is 15.7 Å². The number of hydrogen-bond acceptors (Lipinski definition) is 6. The molecule has 206 valence electrons. The Labute approximate surface area is 227 Å². The molecule has 0 bridgehead atoms. The average Bonchev–Trinajstić information content (AvgIpc) is 3.36. The van der Waals surface area contributed by atoms with Gasteiger partial charge in [0, 0.05) is 52.1 Å². The second kappa shape index (κ2) is 13.3. The summed E-state index contributed by atoms with van der Waals surface area (Å²) in [5.74, 6) is 0.434. The van der Waals surface area contributed by atoms with Gasteiger partial charge in [0.1, 0.15) is 11.6 Å². The van der Waals surface area contributed by atoms with E-state index >= 15 is 0 Å². The second-order valence-electron chi connectivity index (χ2n) is 8.37. The van der Waals surface area contributed by atoms with Crippen molar-refractivity contribution in [3.05, 3.63) is 72.2 Å². The van der Waals surface area contributed by atoms with E-state index in [1.54, 1.807) is 43.3 Å². The van der Waals surface area contributed by atoms with Crippen molar-refractivity contribution in [3.8, 4) is 23.2 Å². The van der Waals surface area contributed by atoms with Gasteiger partial charge in [0.2, 0.25) is 5.96 Å². The zero-order chi connectivity index (χ0) is 28.4. The first-order chi connectivity index (χ1) is 18.7. The molecule has 2 aromatic carbocycles. The number of hydrogen-bond donors (Lipinski definition) is 3. The van der Waals surface area contributed by atoms with Crippen molar-refractivity contribution >= 4 is 21.9 Å². The Hall–Kier alpha value is -4.57. The highest BCUT2D eigenvalue weighted by atomic mass is 32.2. The van der Waals surface area contributed by atoms with Crippen LogP contribution in [-0.2, 0) is 16.6 Å². The highest BCUT2D eigenvalue weighted by molar-refractivity contribution is 7.90. The van der Waals surface area contributed by atoms with Crippen LogP contribution in [0.5, 0.6) is 5.75 Å². The van der Waals surface area contributed by atoms with Crippen LogP contribution in [0.2, 0.25) is 0 Å². The van der Waals surface area contributed by atoms with Gasteiger partial charge in [-0.15, -0.1) is 0 Å². The third-order valence-corrected chi connectivity index (χ3v) is 7.32. The summed E-state index contributed by atoms with van der Waals surface area (Å²) in [6, 6.07) is 13.7. The smallest absolute Gasteiger partial charge is 0.268 e. The van der Waals surface area contributed by atoms with Gasteiger partial charge in [0.25, 0.3) is 10.0 Å². The Kier molecular flexibility index (Phi) is 9.88. The Balaban J connectivity index is 1.93. The van der Waals surface area contributed by atoms with E-state index in [1.807, 2.05) is 6.19 Å². The van der Waals surface area contributed by atoms with Crippen LogP contribution in [0.3, 0.4) is 0 Å². The lowest BCUT2D eigenvalue weighted by atomic mass is 10.1. The van der Waals surface area contributed by atoms with Crippen molar-refractivity contribution in [2.24, 2.45) is 15.7 Å². The van der Waals surface area contributed by atoms with Gasteiger partial charge in [-0.25, -0.2) is 16.8 Å². The SMILES string of the molecule is CN=C(N)NCCCOc1cccc(S(=O)(=O)n2cc(CN(C)C(=NC)NC#N)cc2-c2ccccc2F)c1. The standard InChI is InChI=1S/C26H31FN8O3S/c1-30-25(29)32-12-7-13-38-20-8-6-9-21(15-20)39(36,37)35-17-19(16-34(3)26(31-2)33-18-28)14-24(35)22-10-4-5-11-23(22)27/h4-6,8-11,14-15,17H,7,12-13,16H2,1-3H3,(H,31,33)(H3,29,30,32). The molecule has 0 aliphatic heterocycles. The summed E-state index contributed by atoms with van der Waals surface area (Å²) in [4.78, 5) is 9.46. The number of aliphatic imine (C=N–C) groups is 2. The van der Waals surface area contributed by atoms with Crippen molar-refractivity contribution in [3.63, 3.8) is 0 Å². The van der Waals surface area contributed by atoms with Crippen LogP contribution in [0.15, 0.2) is 75.7 Å². The molecule has 0 saturated carbocycles. The quantitative estimate of drug-likeness (QED) is 0.114. The van der Waals surface area contributed by atoms with E-state index in [9.17, 15) is 12.8 Å². The fourth-order valence-corrected chi connectivity index (χ4v) is 5.19. The predicted octanol–water partition coefficient (Wildman–Crippen LogP) is 2.32. The molecule has 0 unspecified atom stereocenters. The van der Waals surface area contributed by atoms with E-state index in [0.717, 1.165) is 3.97 Å². The molecule has 0 saturated heterocycles.